The van der Waals surface area contributed by atoms with Crippen molar-refractivity contribution >= 4 is 28.3 Å². The number of sulfonamides is 1. The molecule has 7 nitrogen and oxygen atoms in total. The van der Waals surface area contributed by atoms with E-state index >= 15 is 0 Å². The summed E-state index contributed by atoms with van der Waals surface area (Å²) in [6, 6.07) is 0.378. The molecule has 2 saturated heterocycles. The molecule has 2 N–H and O–H groups in total. The van der Waals surface area contributed by atoms with Gasteiger partial charge in [-0.15, -0.1) is 12.4 Å². The van der Waals surface area contributed by atoms with Gasteiger partial charge in [-0.25, -0.2) is 13.1 Å². The first-order chi connectivity index (χ1) is 11.9. The van der Waals surface area contributed by atoms with Gasteiger partial charge in [-0.3, -0.25) is 9.69 Å². The standard InChI is InChI=1S/C17H32N4O3S.ClH/c1-14-2-4-15(5-3-14)19-25(23,24)13-17(22)21-9-6-16(12-21)20-10-7-18-8-11-20;/h14-16,18-19H,2-13H2,1H3;1H. The minimum Gasteiger partial charge on any atom is -0.340 e. The van der Waals surface area contributed by atoms with E-state index in [1.54, 1.807) is 4.90 Å². The molecule has 26 heavy (non-hydrogen) atoms. The molecule has 1 amide bonds. The Morgan fingerprint density at radius 2 is 1.73 bits per heavy atom. The predicted molar refractivity (Wildman–Crippen MR) is 105 cm³/mol. The third-order valence-corrected chi connectivity index (χ3v) is 7.18. The van der Waals surface area contributed by atoms with Crippen LogP contribution in [0, 0.1) is 5.92 Å². The number of amides is 1. The van der Waals surface area contributed by atoms with Crippen LogP contribution < -0.4 is 10.0 Å². The molecule has 2 heterocycles. The highest BCUT2D eigenvalue weighted by atomic mass is 35.5. The van der Waals surface area contributed by atoms with Gasteiger partial charge < -0.3 is 10.2 Å². The zero-order chi connectivity index (χ0) is 17.9. The van der Waals surface area contributed by atoms with Gasteiger partial charge in [0.05, 0.1) is 0 Å². The van der Waals surface area contributed by atoms with Crippen molar-refractivity contribution in [2.24, 2.45) is 5.92 Å². The monoisotopic (exact) mass is 408 g/mol. The molecule has 1 saturated carbocycles. The minimum absolute atomic E-state index is 0. The number of carbonyl (C=O) groups excluding carboxylic acids is 1. The molecular formula is C17H33ClN4O3S. The Morgan fingerprint density at radius 3 is 2.38 bits per heavy atom. The Balaban J connectivity index is 0.00000243. The van der Waals surface area contributed by atoms with Crippen molar-refractivity contribution in [2.45, 2.75) is 51.1 Å². The summed E-state index contributed by atoms with van der Waals surface area (Å²) in [6.45, 7) is 7.53. The number of carbonyl (C=O) groups is 1. The van der Waals surface area contributed by atoms with Crippen LogP contribution in [-0.2, 0) is 14.8 Å². The van der Waals surface area contributed by atoms with Crippen molar-refractivity contribution in [2.75, 3.05) is 45.0 Å². The fraction of sp³-hybridized carbons (Fsp3) is 0.941. The maximum atomic E-state index is 12.5. The maximum absolute atomic E-state index is 12.5. The Kier molecular flexibility index (Phi) is 8.15. The number of halogens is 1. The Hall–Kier alpha value is -0.410. The van der Waals surface area contributed by atoms with E-state index in [0.29, 0.717) is 25.0 Å². The second kappa shape index (κ2) is 9.68. The van der Waals surface area contributed by atoms with Crippen molar-refractivity contribution < 1.29 is 13.2 Å². The molecule has 0 aromatic heterocycles. The van der Waals surface area contributed by atoms with Crippen molar-refractivity contribution in [1.82, 2.24) is 19.8 Å². The quantitative estimate of drug-likeness (QED) is 0.688. The first-order valence-corrected chi connectivity index (χ1v) is 11.3. The maximum Gasteiger partial charge on any atom is 0.239 e. The number of rotatable bonds is 5. The van der Waals surface area contributed by atoms with E-state index < -0.39 is 15.8 Å². The van der Waals surface area contributed by atoms with E-state index in [2.05, 4.69) is 21.9 Å². The highest BCUT2D eigenvalue weighted by molar-refractivity contribution is 7.90. The van der Waals surface area contributed by atoms with Crippen LogP contribution in [0.25, 0.3) is 0 Å². The van der Waals surface area contributed by atoms with E-state index in [0.717, 1.165) is 58.3 Å². The van der Waals surface area contributed by atoms with Crippen molar-refractivity contribution in [1.29, 1.82) is 0 Å². The molecule has 0 aromatic rings. The number of nitrogens with one attached hydrogen (secondary N) is 2. The summed E-state index contributed by atoms with van der Waals surface area (Å²) in [5.74, 6) is 0.0103. The van der Waals surface area contributed by atoms with Crippen LogP contribution in [0.5, 0.6) is 0 Å². The van der Waals surface area contributed by atoms with Crippen LogP contribution in [0.2, 0.25) is 0 Å². The molecule has 1 unspecified atom stereocenters. The van der Waals surface area contributed by atoms with E-state index in [9.17, 15) is 13.2 Å². The normalized spacial score (nSPS) is 30.8. The van der Waals surface area contributed by atoms with Crippen LogP contribution in [0.15, 0.2) is 0 Å². The highest BCUT2D eigenvalue weighted by Gasteiger charge is 2.33. The Labute approximate surface area is 163 Å². The fourth-order valence-electron chi connectivity index (χ4n) is 4.24. The van der Waals surface area contributed by atoms with Gasteiger partial charge in [0.2, 0.25) is 15.9 Å². The third-order valence-electron chi connectivity index (χ3n) is 5.86. The lowest BCUT2D eigenvalue weighted by atomic mass is 9.88. The lowest BCUT2D eigenvalue weighted by molar-refractivity contribution is -0.127. The highest BCUT2D eigenvalue weighted by Crippen LogP contribution is 2.24. The molecule has 1 atom stereocenters. The average Bonchev–Trinajstić information content (AvgIpc) is 3.07. The number of hydrogen-bond acceptors (Lipinski definition) is 5. The molecular weight excluding hydrogens is 376 g/mol. The molecule has 1 aliphatic carbocycles. The summed E-state index contributed by atoms with van der Waals surface area (Å²) in [7, 11) is -3.54. The summed E-state index contributed by atoms with van der Waals surface area (Å²) in [5.41, 5.74) is 0. The SMILES string of the molecule is CC1CCC(NS(=O)(=O)CC(=O)N2CCC(N3CCNCC3)C2)CC1.Cl. The van der Waals surface area contributed by atoms with Crippen LogP contribution in [0.4, 0.5) is 0 Å². The number of hydrogen-bond donors (Lipinski definition) is 2. The molecule has 3 rings (SSSR count). The molecule has 2 aliphatic heterocycles. The second-order valence-corrected chi connectivity index (χ2v) is 9.66. The molecule has 0 radical (unpaired) electrons. The van der Waals surface area contributed by atoms with Crippen LogP contribution >= 0.6 is 12.4 Å². The Morgan fingerprint density at radius 1 is 1.08 bits per heavy atom. The average molecular weight is 409 g/mol. The number of piperazine rings is 1. The third kappa shape index (κ3) is 6.05. The minimum atomic E-state index is -3.54. The van der Waals surface area contributed by atoms with E-state index in [-0.39, 0.29) is 24.4 Å². The van der Waals surface area contributed by atoms with E-state index in [4.69, 9.17) is 0 Å². The largest absolute Gasteiger partial charge is 0.340 e. The summed E-state index contributed by atoms with van der Waals surface area (Å²) in [5, 5.41) is 3.33. The van der Waals surface area contributed by atoms with Crippen LogP contribution in [0.1, 0.15) is 39.0 Å². The van der Waals surface area contributed by atoms with Gasteiger partial charge in [0.15, 0.2) is 0 Å². The van der Waals surface area contributed by atoms with Crippen LogP contribution in [0.3, 0.4) is 0 Å². The topological polar surface area (TPSA) is 81.8 Å². The van der Waals surface area contributed by atoms with Gasteiger partial charge in [0.1, 0.15) is 5.75 Å². The summed E-state index contributed by atoms with van der Waals surface area (Å²) < 4.78 is 27.5. The fourth-order valence-corrected chi connectivity index (χ4v) is 5.58. The summed E-state index contributed by atoms with van der Waals surface area (Å²) in [4.78, 5) is 16.6. The summed E-state index contributed by atoms with van der Waals surface area (Å²) >= 11 is 0. The van der Waals surface area contributed by atoms with Gasteiger partial charge >= 0.3 is 0 Å². The molecule has 3 aliphatic rings. The zero-order valence-electron chi connectivity index (χ0n) is 15.7. The van der Waals surface area contributed by atoms with Crippen molar-refractivity contribution in [3.05, 3.63) is 0 Å². The molecule has 9 heteroatoms. The first kappa shape index (κ1) is 21.9. The Bertz CT molecular complexity index is 560. The smallest absolute Gasteiger partial charge is 0.239 e. The van der Waals surface area contributed by atoms with Gasteiger partial charge in [-0.05, 0) is 38.0 Å². The lowest BCUT2D eigenvalue weighted by Crippen LogP contribution is -2.49. The number of nitrogens with zero attached hydrogens (tertiary/aromatic N) is 2. The first-order valence-electron chi connectivity index (χ1n) is 9.65. The summed E-state index contributed by atoms with van der Waals surface area (Å²) in [6.07, 6.45) is 4.81. The predicted octanol–water partition coefficient (Wildman–Crippen LogP) is 0.412. The molecule has 0 bridgehead atoms. The van der Waals surface area contributed by atoms with E-state index in [1.165, 1.54) is 0 Å². The molecule has 0 aromatic carbocycles. The molecule has 0 spiro atoms. The lowest BCUT2D eigenvalue weighted by Gasteiger charge is -2.32. The zero-order valence-corrected chi connectivity index (χ0v) is 17.3. The van der Waals surface area contributed by atoms with Crippen molar-refractivity contribution in [3.8, 4) is 0 Å². The van der Waals surface area contributed by atoms with Gasteiger partial charge in [-0.2, -0.15) is 0 Å². The van der Waals surface area contributed by atoms with Crippen molar-refractivity contribution in [3.63, 3.8) is 0 Å². The van der Waals surface area contributed by atoms with Crippen LogP contribution in [-0.4, -0.2) is 81.2 Å². The number of likely N-dealkylation sites (tertiary alicyclic amines) is 1. The van der Waals surface area contributed by atoms with Gasteiger partial charge in [0, 0.05) is 51.4 Å². The van der Waals surface area contributed by atoms with Gasteiger partial charge in [0.25, 0.3) is 0 Å². The molecule has 152 valence electrons. The second-order valence-electron chi connectivity index (χ2n) is 7.90. The van der Waals surface area contributed by atoms with Gasteiger partial charge in [-0.1, -0.05) is 6.92 Å². The molecule has 3 fully saturated rings. The van der Waals surface area contributed by atoms with E-state index in [1.807, 2.05) is 0 Å².